The van der Waals surface area contributed by atoms with Gasteiger partial charge in [-0.1, -0.05) is 38.7 Å². The van der Waals surface area contributed by atoms with Crippen molar-refractivity contribution in [3.63, 3.8) is 0 Å². The quantitative estimate of drug-likeness (QED) is 0.628. The lowest BCUT2D eigenvalue weighted by Crippen LogP contribution is -2.18. The van der Waals surface area contributed by atoms with Crippen LogP contribution in [0, 0.1) is 5.92 Å². The third kappa shape index (κ3) is 3.88. The summed E-state index contributed by atoms with van der Waals surface area (Å²) in [5.41, 5.74) is 2.93. The van der Waals surface area contributed by atoms with E-state index in [9.17, 15) is 0 Å². The Morgan fingerprint density at radius 3 is 2.44 bits per heavy atom. The fraction of sp³-hybridized carbons (Fsp3) is 0.600. The first-order valence-electron chi connectivity index (χ1n) is 6.39. The van der Waals surface area contributed by atoms with Crippen LogP contribution >= 0.6 is 0 Å². The molecule has 0 aliphatic carbocycles. The van der Waals surface area contributed by atoms with Crippen molar-refractivity contribution >= 4 is 0 Å². The minimum Gasteiger partial charge on any atom is -0.375 e. The monoisotopic (exact) mass is 219 g/mol. The summed E-state index contributed by atoms with van der Waals surface area (Å²) in [7, 11) is 0. The minimum atomic E-state index is 0.710. The summed E-state index contributed by atoms with van der Waals surface area (Å²) in [5.74, 6) is 0.710. The Balaban J connectivity index is 2.81. The second kappa shape index (κ2) is 6.57. The first-order valence-corrected chi connectivity index (χ1v) is 6.39. The van der Waals surface area contributed by atoms with E-state index in [1.54, 1.807) is 0 Å². The number of hydrogen-bond acceptors (Lipinski definition) is 1. The fourth-order valence-corrected chi connectivity index (χ4v) is 2.22. The van der Waals surface area contributed by atoms with Crippen LogP contribution in [0.3, 0.4) is 0 Å². The van der Waals surface area contributed by atoms with E-state index in [1.807, 2.05) is 6.08 Å². The standard InChI is InChI=1S/C15H25N/c1-5-6-9-15(12-13(2)3)14(4)16-10-7-8-11-16/h5-6,9,13H,1,7-8,10-12H2,2-4H3/b9-6-,15-14-. The summed E-state index contributed by atoms with van der Waals surface area (Å²) in [4.78, 5) is 2.52. The molecule has 1 aliphatic heterocycles. The Labute approximate surface area is 101 Å². The number of hydrogen-bond donors (Lipinski definition) is 0. The lowest BCUT2D eigenvalue weighted by atomic mass is 10.0. The Bertz CT molecular complexity index is 278. The maximum Gasteiger partial charge on any atom is 0.0175 e. The highest BCUT2D eigenvalue weighted by Crippen LogP contribution is 2.22. The van der Waals surface area contributed by atoms with Crippen molar-refractivity contribution in [1.29, 1.82) is 0 Å². The summed E-state index contributed by atoms with van der Waals surface area (Å²) in [5, 5.41) is 0. The molecule has 1 heterocycles. The third-order valence-electron chi connectivity index (χ3n) is 3.11. The summed E-state index contributed by atoms with van der Waals surface area (Å²) in [6.07, 6.45) is 9.98. The highest BCUT2D eigenvalue weighted by atomic mass is 15.1. The smallest absolute Gasteiger partial charge is 0.0175 e. The van der Waals surface area contributed by atoms with Crippen molar-refractivity contribution in [2.45, 2.75) is 40.0 Å². The molecule has 0 unspecified atom stereocenters. The molecule has 0 radical (unpaired) electrons. The van der Waals surface area contributed by atoms with E-state index < -0.39 is 0 Å². The predicted molar refractivity (Wildman–Crippen MR) is 72.3 cm³/mol. The minimum absolute atomic E-state index is 0.710. The van der Waals surface area contributed by atoms with Crippen LogP contribution in [0.15, 0.2) is 36.1 Å². The van der Waals surface area contributed by atoms with E-state index in [0.717, 1.165) is 6.42 Å². The first kappa shape index (κ1) is 13.1. The molecule has 90 valence electrons. The number of allylic oxidation sites excluding steroid dienone is 5. The Hall–Kier alpha value is -0.980. The largest absolute Gasteiger partial charge is 0.375 e. The molecule has 1 nitrogen and oxygen atoms in total. The molecule has 0 aromatic carbocycles. The molecule has 1 rings (SSSR count). The van der Waals surface area contributed by atoms with E-state index in [2.05, 4.69) is 44.4 Å². The molecule has 1 saturated heterocycles. The molecule has 1 fully saturated rings. The lowest BCUT2D eigenvalue weighted by Gasteiger charge is -2.22. The molecule has 1 aliphatic rings. The topological polar surface area (TPSA) is 3.24 Å². The maximum atomic E-state index is 3.75. The molecule has 0 aromatic heterocycles. The van der Waals surface area contributed by atoms with Gasteiger partial charge in [-0.25, -0.2) is 0 Å². The average molecular weight is 219 g/mol. The van der Waals surface area contributed by atoms with Gasteiger partial charge >= 0.3 is 0 Å². The van der Waals surface area contributed by atoms with Crippen molar-refractivity contribution in [3.8, 4) is 0 Å². The van der Waals surface area contributed by atoms with E-state index in [1.165, 1.54) is 37.2 Å². The SMILES string of the molecule is C=C/C=C\C(CC(C)C)=C(/C)N1CCCC1. The normalized spacial score (nSPS) is 18.4. The van der Waals surface area contributed by atoms with Crippen molar-refractivity contribution in [2.24, 2.45) is 5.92 Å². The average Bonchev–Trinajstić information content (AvgIpc) is 2.76. The van der Waals surface area contributed by atoms with Gasteiger partial charge in [0.25, 0.3) is 0 Å². The Morgan fingerprint density at radius 1 is 1.31 bits per heavy atom. The molecule has 0 N–H and O–H groups in total. The highest BCUT2D eigenvalue weighted by molar-refractivity contribution is 5.26. The Morgan fingerprint density at radius 2 is 1.94 bits per heavy atom. The number of rotatable bonds is 5. The van der Waals surface area contributed by atoms with E-state index >= 15 is 0 Å². The van der Waals surface area contributed by atoms with Crippen molar-refractivity contribution in [1.82, 2.24) is 4.90 Å². The molecule has 0 atom stereocenters. The van der Waals surface area contributed by atoms with Gasteiger partial charge in [0.15, 0.2) is 0 Å². The zero-order chi connectivity index (χ0) is 12.0. The van der Waals surface area contributed by atoms with E-state index in [-0.39, 0.29) is 0 Å². The zero-order valence-electron chi connectivity index (χ0n) is 11.0. The number of nitrogens with zero attached hydrogens (tertiary/aromatic N) is 1. The van der Waals surface area contributed by atoms with Crippen LogP contribution in [0.25, 0.3) is 0 Å². The second-order valence-electron chi connectivity index (χ2n) is 5.00. The summed E-state index contributed by atoms with van der Waals surface area (Å²) < 4.78 is 0. The molecular weight excluding hydrogens is 194 g/mol. The molecule has 0 bridgehead atoms. The molecule has 0 amide bonds. The van der Waals surface area contributed by atoms with Crippen LogP contribution in [-0.4, -0.2) is 18.0 Å². The number of likely N-dealkylation sites (tertiary alicyclic amines) is 1. The molecule has 1 heteroatoms. The van der Waals surface area contributed by atoms with Crippen molar-refractivity contribution in [3.05, 3.63) is 36.1 Å². The summed E-state index contributed by atoms with van der Waals surface area (Å²) in [6, 6.07) is 0. The molecule has 0 aromatic rings. The van der Waals surface area contributed by atoms with Gasteiger partial charge in [0.1, 0.15) is 0 Å². The predicted octanol–water partition coefficient (Wildman–Crippen LogP) is 4.14. The van der Waals surface area contributed by atoms with Gasteiger partial charge in [0.2, 0.25) is 0 Å². The van der Waals surface area contributed by atoms with Gasteiger partial charge in [-0.15, -0.1) is 0 Å². The highest BCUT2D eigenvalue weighted by Gasteiger charge is 2.14. The maximum absolute atomic E-state index is 3.75. The summed E-state index contributed by atoms with van der Waals surface area (Å²) >= 11 is 0. The van der Waals surface area contributed by atoms with Gasteiger partial charge in [-0.3, -0.25) is 0 Å². The van der Waals surface area contributed by atoms with Crippen LogP contribution in [0.2, 0.25) is 0 Å². The van der Waals surface area contributed by atoms with Crippen molar-refractivity contribution < 1.29 is 0 Å². The second-order valence-corrected chi connectivity index (χ2v) is 5.00. The van der Waals surface area contributed by atoms with Crippen LogP contribution in [0.1, 0.15) is 40.0 Å². The lowest BCUT2D eigenvalue weighted by molar-refractivity contribution is 0.419. The summed E-state index contributed by atoms with van der Waals surface area (Å²) in [6.45, 7) is 13.0. The van der Waals surface area contributed by atoms with Gasteiger partial charge < -0.3 is 4.90 Å². The van der Waals surface area contributed by atoms with Crippen LogP contribution in [-0.2, 0) is 0 Å². The van der Waals surface area contributed by atoms with E-state index in [0.29, 0.717) is 5.92 Å². The van der Waals surface area contributed by atoms with E-state index in [4.69, 9.17) is 0 Å². The van der Waals surface area contributed by atoms with Crippen LogP contribution in [0.5, 0.6) is 0 Å². The molecule has 16 heavy (non-hydrogen) atoms. The van der Waals surface area contributed by atoms with Gasteiger partial charge in [-0.2, -0.15) is 0 Å². The van der Waals surface area contributed by atoms with Crippen molar-refractivity contribution in [2.75, 3.05) is 13.1 Å². The zero-order valence-corrected chi connectivity index (χ0v) is 11.0. The van der Waals surface area contributed by atoms with Gasteiger partial charge in [-0.05, 0) is 37.7 Å². The third-order valence-corrected chi connectivity index (χ3v) is 3.11. The van der Waals surface area contributed by atoms with Gasteiger partial charge in [0, 0.05) is 18.8 Å². The van der Waals surface area contributed by atoms with Gasteiger partial charge in [0.05, 0.1) is 0 Å². The van der Waals surface area contributed by atoms with Crippen LogP contribution in [0.4, 0.5) is 0 Å². The molecule has 0 spiro atoms. The fourth-order valence-electron chi connectivity index (χ4n) is 2.22. The Kier molecular flexibility index (Phi) is 5.37. The van der Waals surface area contributed by atoms with Crippen LogP contribution < -0.4 is 0 Å². The molecule has 0 saturated carbocycles. The first-order chi connectivity index (χ1) is 7.65. The molecular formula is C15H25N.